The quantitative estimate of drug-likeness (QED) is 0.810. The molecular weight excluding hydrogens is 281 g/mol. The van der Waals surface area contributed by atoms with E-state index in [9.17, 15) is 14.0 Å². The monoisotopic (exact) mass is 299 g/mol. The zero-order chi connectivity index (χ0) is 15.1. The first-order valence-corrected chi connectivity index (χ1v) is 7.40. The van der Waals surface area contributed by atoms with Gasteiger partial charge in [-0.1, -0.05) is 26.0 Å². The minimum atomic E-state index is -1.03. The van der Waals surface area contributed by atoms with Crippen molar-refractivity contribution >= 4 is 23.6 Å². The van der Waals surface area contributed by atoms with Gasteiger partial charge in [0.2, 0.25) is 5.91 Å². The molecule has 0 fully saturated rings. The van der Waals surface area contributed by atoms with Crippen molar-refractivity contribution in [1.29, 1.82) is 0 Å². The van der Waals surface area contributed by atoms with Gasteiger partial charge in [-0.15, -0.1) is 11.8 Å². The molecule has 0 saturated carbocycles. The van der Waals surface area contributed by atoms with Gasteiger partial charge in [0, 0.05) is 5.75 Å². The molecule has 0 aliphatic heterocycles. The number of aliphatic carboxylic acids is 1. The Morgan fingerprint density at radius 3 is 2.40 bits per heavy atom. The van der Waals surface area contributed by atoms with E-state index >= 15 is 0 Å². The van der Waals surface area contributed by atoms with Crippen LogP contribution in [0, 0.1) is 11.7 Å². The van der Waals surface area contributed by atoms with Gasteiger partial charge < -0.3 is 10.4 Å². The molecule has 0 saturated heterocycles. The molecule has 20 heavy (non-hydrogen) atoms. The second-order valence-electron chi connectivity index (χ2n) is 4.75. The van der Waals surface area contributed by atoms with Gasteiger partial charge in [0.15, 0.2) is 0 Å². The molecule has 2 N–H and O–H groups in total. The van der Waals surface area contributed by atoms with Gasteiger partial charge in [-0.25, -0.2) is 9.18 Å². The Morgan fingerprint density at radius 2 is 1.90 bits per heavy atom. The summed E-state index contributed by atoms with van der Waals surface area (Å²) in [4.78, 5) is 22.6. The summed E-state index contributed by atoms with van der Waals surface area (Å²) in [6, 6.07) is 5.20. The van der Waals surface area contributed by atoms with E-state index < -0.39 is 12.0 Å². The molecule has 0 radical (unpaired) electrons. The number of nitrogens with one attached hydrogen (secondary N) is 1. The van der Waals surface area contributed by atoms with E-state index in [0.29, 0.717) is 5.75 Å². The molecule has 1 amide bonds. The van der Waals surface area contributed by atoms with Gasteiger partial charge in [0.25, 0.3) is 0 Å². The van der Waals surface area contributed by atoms with E-state index in [-0.39, 0.29) is 23.4 Å². The Bertz CT molecular complexity index is 462. The maximum Gasteiger partial charge on any atom is 0.326 e. The number of carboxylic acids is 1. The van der Waals surface area contributed by atoms with Crippen molar-refractivity contribution in [2.24, 2.45) is 5.92 Å². The van der Waals surface area contributed by atoms with Gasteiger partial charge in [0.1, 0.15) is 11.9 Å². The summed E-state index contributed by atoms with van der Waals surface area (Å²) in [5.74, 6) is -1.05. The maximum atomic E-state index is 12.7. The molecule has 1 atom stereocenters. The molecule has 4 nitrogen and oxygen atoms in total. The number of carboxylic acid groups (broad SMARTS) is 1. The fourth-order valence-corrected chi connectivity index (χ4v) is 2.37. The van der Waals surface area contributed by atoms with Crippen LogP contribution in [0.4, 0.5) is 4.39 Å². The van der Waals surface area contributed by atoms with Crippen LogP contribution in [-0.4, -0.2) is 28.8 Å². The van der Waals surface area contributed by atoms with Crippen molar-refractivity contribution in [3.8, 4) is 0 Å². The number of hydrogen-bond donors (Lipinski definition) is 2. The standard InChI is InChI=1S/C14H18FNO3S/c1-9(2)13(14(18)19)16-12(17)8-20-7-10-3-5-11(15)6-4-10/h3-6,9,13H,7-8H2,1-2H3,(H,16,17)(H,18,19). The first kappa shape index (κ1) is 16.5. The van der Waals surface area contributed by atoms with E-state index in [2.05, 4.69) is 5.32 Å². The molecule has 0 bridgehead atoms. The molecule has 110 valence electrons. The molecule has 6 heteroatoms. The second kappa shape index (κ2) is 7.89. The molecule has 0 aliphatic rings. The number of carbonyl (C=O) groups is 2. The number of hydrogen-bond acceptors (Lipinski definition) is 3. The molecule has 1 unspecified atom stereocenters. The van der Waals surface area contributed by atoms with Crippen molar-refractivity contribution in [3.05, 3.63) is 35.6 Å². The Balaban J connectivity index is 2.36. The summed E-state index contributed by atoms with van der Waals surface area (Å²) >= 11 is 1.36. The van der Waals surface area contributed by atoms with Crippen LogP contribution >= 0.6 is 11.8 Å². The lowest BCUT2D eigenvalue weighted by atomic mass is 10.1. The van der Waals surface area contributed by atoms with Crippen LogP contribution in [0.1, 0.15) is 19.4 Å². The zero-order valence-corrected chi connectivity index (χ0v) is 12.2. The van der Waals surface area contributed by atoms with Gasteiger partial charge >= 0.3 is 5.97 Å². The van der Waals surface area contributed by atoms with E-state index in [1.807, 2.05) is 0 Å². The predicted octanol–water partition coefficient (Wildman–Crippen LogP) is 2.28. The molecule has 1 rings (SSSR count). The summed E-state index contributed by atoms with van der Waals surface area (Å²) < 4.78 is 12.7. The average Bonchev–Trinajstić information content (AvgIpc) is 2.37. The fourth-order valence-electron chi connectivity index (χ4n) is 1.57. The Labute approximate surface area is 121 Å². The Hall–Kier alpha value is -1.56. The van der Waals surface area contributed by atoms with Crippen LogP contribution in [-0.2, 0) is 15.3 Å². The number of carbonyl (C=O) groups excluding carboxylic acids is 1. The molecule has 0 aromatic heterocycles. The van der Waals surface area contributed by atoms with Gasteiger partial charge in [-0.05, 0) is 23.6 Å². The highest BCUT2D eigenvalue weighted by Gasteiger charge is 2.22. The van der Waals surface area contributed by atoms with Crippen LogP contribution in [0.25, 0.3) is 0 Å². The van der Waals surface area contributed by atoms with Crippen molar-refractivity contribution in [3.63, 3.8) is 0 Å². The number of benzene rings is 1. The normalized spacial score (nSPS) is 12.2. The third-order valence-corrected chi connectivity index (χ3v) is 3.67. The Morgan fingerprint density at radius 1 is 1.30 bits per heavy atom. The van der Waals surface area contributed by atoms with Gasteiger partial charge in [-0.3, -0.25) is 4.79 Å². The summed E-state index contributed by atoms with van der Waals surface area (Å²) in [7, 11) is 0. The number of thioether (sulfide) groups is 1. The maximum absolute atomic E-state index is 12.7. The number of amides is 1. The van der Waals surface area contributed by atoms with E-state index in [4.69, 9.17) is 5.11 Å². The second-order valence-corrected chi connectivity index (χ2v) is 5.73. The van der Waals surface area contributed by atoms with Crippen LogP contribution in [0.2, 0.25) is 0 Å². The minimum absolute atomic E-state index is 0.168. The summed E-state index contributed by atoms with van der Waals surface area (Å²) in [6.07, 6.45) is 0. The average molecular weight is 299 g/mol. The summed E-state index contributed by atoms with van der Waals surface area (Å²) in [5, 5.41) is 11.5. The molecule has 0 aliphatic carbocycles. The van der Waals surface area contributed by atoms with Crippen LogP contribution in [0.5, 0.6) is 0 Å². The molecule has 0 heterocycles. The molecular formula is C14H18FNO3S. The molecule has 1 aromatic carbocycles. The zero-order valence-electron chi connectivity index (χ0n) is 11.4. The van der Waals surface area contributed by atoms with Crippen LogP contribution < -0.4 is 5.32 Å². The van der Waals surface area contributed by atoms with E-state index in [1.165, 1.54) is 23.9 Å². The van der Waals surface area contributed by atoms with E-state index in [0.717, 1.165) is 5.56 Å². The highest BCUT2D eigenvalue weighted by atomic mass is 32.2. The minimum Gasteiger partial charge on any atom is -0.480 e. The van der Waals surface area contributed by atoms with Crippen LogP contribution in [0.15, 0.2) is 24.3 Å². The fraction of sp³-hybridized carbons (Fsp3) is 0.429. The third kappa shape index (κ3) is 5.61. The topological polar surface area (TPSA) is 66.4 Å². The largest absolute Gasteiger partial charge is 0.480 e. The van der Waals surface area contributed by atoms with Crippen molar-refractivity contribution in [1.82, 2.24) is 5.32 Å². The summed E-state index contributed by atoms with van der Waals surface area (Å²) in [6.45, 7) is 3.48. The van der Waals surface area contributed by atoms with E-state index in [1.54, 1.807) is 26.0 Å². The smallest absolute Gasteiger partial charge is 0.326 e. The third-order valence-electron chi connectivity index (χ3n) is 2.66. The van der Waals surface area contributed by atoms with Crippen LogP contribution in [0.3, 0.4) is 0 Å². The first-order valence-electron chi connectivity index (χ1n) is 6.24. The highest BCUT2D eigenvalue weighted by Crippen LogP contribution is 2.13. The summed E-state index contributed by atoms with van der Waals surface area (Å²) in [5.41, 5.74) is 0.919. The van der Waals surface area contributed by atoms with Crippen molar-refractivity contribution < 1.29 is 19.1 Å². The Kier molecular flexibility index (Phi) is 6.51. The lowest BCUT2D eigenvalue weighted by Gasteiger charge is -2.17. The molecule has 0 spiro atoms. The lowest BCUT2D eigenvalue weighted by Crippen LogP contribution is -2.45. The predicted molar refractivity (Wildman–Crippen MR) is 77.0 cm³/mol. The SMILES string of the molecule is CC(C)C(NC(=O)CSCc1ccc(F)cc1)C(=O)O. The first-order chi connectivity index (χ1) is 9.40. The van der Waals surface area contributed by atoms with Gasteiger partial charge in [-0.2, -0.15) is 0 Å². The van der Waals surface area contributed by atoms with Crippen molar-refractivity contribution in [2.75, 3.05) is 5.75 Å². The van der Waals surface area contributed by atoms with Crippen molar-refractivity contribution in [2.45, 2.75) is 25.6 Å². The number of rotatable bonds is 7. The molecule has 1 aromatic rings. The number of halogens is 1. The van der Waals surface area contributed by atoms with Gasteiger partial charge in [0.05, 0.1) is 5.75 Å². The highest BCUT2D eigenvalue weighted by molar-refractivity contribution is 7.99. The lowest BCUT2D eigenvalue weighted by molar-refractivity contribution is -0.142.